The van der Waals surface area contributed by atoms with Crippen LogP contribution in [0.1, 0.15) is 19.4 Å². The molecule has 1 aliphatic rings. The topological polar surface area (TPSA) is 24.4 Å². The summed E-state index contributed by atoms with van der Waals surface area (Å²) >= 11 is 0. The zero-order valence-electron chi connectivity index (χ0n) is 9.70. The molecule has 0 atom stereocenters. The molecule has 2 heteroatoms. The van der Waals surface area contributed by atoms with Crippen molar-refractivity contribution in [3.05, 3.63) is 54.2 Å². The smallest absolute Gasteiger partial charge is 0.109 e. The predicted molar refractivity (Wildman–Crippen MR) is 69.0 cm³/mol. The van der Waals surface area contributed by atoms with E-state index in [1.165, 1.54) is 0 Å². The van der Waals surface area contributed by atoms with Gasteiger partial charge in [0.25, 0.3) is 0 Å². The van der Waals surface area contributed by atoms with Crippen LogP contribution in [0.25, 0.3) is 5.70 Å². The van der Waals surface area contributed by atoms with Gasteiger partial charge in [0, 0.05) is 17.2 Å². The van der Waals surface area contributed by atoms with E-state index < -0.39 is 0 Å². The lowest BCUT2D eigenvalue weighted by Gasteiger charge is -2.19. The number of nitrogens with one attached hydrogen (secondary N) is 1. The molecule has 0 amide bonds. The first-order chi connectivity index (χ1) is 7.66. The minimum absolute atomic E-state index is 0.379. The average Bonchev–Trinajstić information content (AvgIpc) is 2.29. The molecule has 2 nitrogen and oxygen atoms in total. The highest BCUT2D eigenvalue weighted by atomic mass is 15.0. The van der Waals surface area contributed by atoms with Crippen molar-refractivity contribution in [1.82, 2.24) is 5.32 Å². The van der Waals surface area contributed by atoms with E-state index in [0.717, 1.165) is 22.8 Å². The first-order valence-corrected chi connectivity index (χ1v) is 5.48. The lowest BCUT2D eigenvalue weighted by atomic mass is 10.1. The Morgan fingerprint density at radius 2 is 1.88 bits per heavy atom. The Hall–Kier alpha value is -1.83. The lowest BCUT2D eigenvalue weighted by Crippen LogP contribution is -2.28. The van der Waals surface area contributed by atoms with Crippen LogP contribution in [-0.4, -0.2) is 5.84 Å². The second-order valence-electron chi connectivity index (χ2n) is 4.20. The summed E-state index contributed by atoms with van der Waals surface area (Å²) in [5.74, 6) is 1.36. The van der Waals surface area contributed by atoms with Crippen molar-refractivity contribution in [1.29, 1.82) is 0 Å². The summed E-state index contributed by atoms with van der Waals surface area (Å²) in [6.07, 6.45) is 1.97. The van der Waals surface area contributed by atoms with Gasteiger partial charge in [0.1, 0.15) is 5.84 Å². The second kappa shape index (κ2) is 4.35. The van der Waals surface area contributed by atoms with Gasteiger partial charge in [-0.1, -0.05) is 50.8 Å². The maximum absolute atomic E-state index is 4.61. The fraction of sp³-hybridized carbons (Fsp3) is 0.214. The SMILES string of the molecule is C=C1C=C(c2ccccc2)N=C(C(C)C)N1. The number of hydrogen-bond donors (Lipinski definition) is 1. The summed E-state index contributed by atoms with van der Waals surface area (Å²) < 4.78 is 0. The standard InChI is InChI=1S/C14H16N2/c1-10(2)14-15-11(3)9-13(16-14)12-7-5-4-6-8-12/h4-10H,3H2,1-2H3,(H,15,16). The van der Waals surface area contributed by atoms with Gasteiger partial charge in [-0.15, -0.1) is 0 Å². The highest BCUT2D eigenvalue weighted by Gasteiger charge is 2.12. The third-order valence-corrected chi connectivity index (χ3v) is 2.46. The van der Waals surface area contributed by atoms with Gasteiger partial charge in [0.2, 0.25) is 0 Å². The largest absolute Gasteiger partial charge is 0.344 e. The van der Waals surface area contributed by atoms with Gasteiger partial charge in [-0.3, -0.25) is 0 Å². The molecule has 0 fully saturated rings. The molecule has 1 aromatic carbocycles. The molecular formula is C14H16N2. The van der Waals surface area contributed by atoms with Gasteiger partial charge < -0.3 is 5.32 Å². The highest BCUT2D eigenvalue weighted by molar-refractivity contribution is 5.93. The molecule has 16 heavy (non-hydrogen) atoms. The number of rotatable bonds is 2. The van der Waals surface area contributed by atoms with Crippen LogP contribution in [0.2, 0.25) is 0 Å². The molecule has 1 aliphatic heterocycles. The Kier molecular flexibility index (Phi) is 2.91. The minimum atomic E-state index is 0.379. The zero-order valence-corrected chi connectivity index (χ0v) is 9.70. The summed E-state index contributed by atoms with van der Waals surface area (Å²) in [6.45, 7) is 8.19. The molecule has 2 rings (SSSR count). The van der Waals surface area contributed by atoms with E-state index in [0.29, 0.717) is 5.92 Å². The first-order valence-electron chi connectivity index (χ1n) is 5.48. The van der Waals surface area contributed by atoms with Crippen molar-refractivity contribution in [2.75, 3.05) is 0 Å². The quantitative estimate of drug-likeness (QED) is 0.800. The highest BCUT2D eigenvalue weighted by Crippen LogP contribution is 2.21. The van der Waals surface area contributed by atoms with Crippen LogP contribution in [0.15, 0.2) is 53.7 Å². The summed E-state index contributed by atoms with van der Waals surface area (Å²) in [4.78, 5) is 4.61. The van der Waals surface area contributed by atoms with E-state index in [2.05, 4.69) is 42.9 Å². The Morgan fingerprint density at radius 1 is 1.19 bits per heavy atom. The molecule has 0 saturated heterocycles. The van der Waals surface area contributed by atoms with Gasteiger partial charge in [0.05, 0.1) is 5.70 Å². The van der Waals surface area contributed by atoms with Crippen LogP contribution in [0.3, 0.4) is 0 Å². The number of allylic oxidation sites excluding steroid dienone is 1. The number of nitrogens with zero attached hydrogens (tertiary/aromatic N) is 1. The zero-order chi connectivity index (χ0) is 11.5. The Morgan fingerprint density at radius 3 is 2.50 bits per heavy atom. The lowest BCUT2D eigenvalue weighted by molar-refractivity contribution is 0.838. The normalized spacial score (nSPS) is 15.6. The van der Waals surface area contributed by atoms with Crippen molar-refractivity contribution in [2.24, 2.45) is 10.9 Å². The van der Waals surface area contributed by atoms with E-state index in [1.54, 1.807) is 0 Å². The predicted octanol–water partition coefficient (Wildman–Crippen LogP) is 3.20. The number of aliphatic imine (C=N–C) groups is 1. The number of amidine groups is 1. The third-order valence-electron chi connectivity index (χ3n) is 2.46. The minimum Gasteiger partial charge on any atom is -0.344 e. The summed E-state index contributed by atoms with van der Waals surface area (Å²) in [7, 11) is 0. The van der Waals surface area contributed by atoms with Crippen LogP contribution in [0.5, 0.6) is 0 Å². The molecule has 1 aromatic rings. The van der Waals surface area contributed by atoms with Gasteiger partial charge in [-0.05, 0) is 6.08 Å². The maximum atomic E-state index is 4.61. The van der Waals surface area contributed by atoms with Crippen molar-refractivity contribution in [3.8, 4) is 0 Å². The number of hydrogen-bond acceptors (Lipinski definition) is 2. The monoisotopic (exact) mass is 212 g/mol. The Balaban J connectivity index is 2.38. The number of benzene rings is 1. The first kappa shape index (κ1) is 10.7. The molecule has 0 aliphatic carbocycles. The molecule has 1 N–H and O–H groups in total. The van der Waals surface area contributed by atoms with Crippen molar-refractivity contribution in [3.63, 3.8) is 0 Å². The van der Waals surface area contributed by atoms with Crippen molar-refractivity contribution in [2.45, 2.75) is 13.8 Å². The Bertz CT molecular complexity index is 453. The van der Waals surface area contributed by atoms with Crippen molar-refractivity contribution >= 4 is 11.5 Å². The van der Waals surface area contributed by atoms with Gasteiger partial charge >= 0.3 is 0 Å². The summed E-state index contributed by atoms with van der Waals surface area (Å²) in [5.41, 5.74) is 3.01. The molecule has 1 heterocycles. The van der Waals surface area contributed by atoms with Gasteiger partial charge in [-0.25, -0.2) is 4.99 Å². The van der Waals surface area contributed by atoms with E-state index in [4.69, 9.17) is 0 Å². The van der Waals surface area contributed by atoms with E-state index in [9.17, 15) is 0 Å². The summed E-state index contributed by atoms with van der Waals surface area (Å²) in [6, 6.07) is 10.2. The molecule has 82 valence electrons. The fourth-order valence-electron chi connectivity index (χ4n) is 1.59. The fourth-order valence-corrected chi connectivity index (χ4v) is 1.59. The molecule has 0 aromatic heterocycles. The summed E-state index contributed by atoms with van der Waals surface area (Å²) in [5, 5.41) is 3.19. The molecule has 0 radical (unpaired) electrons. The molecule has 0 bridgehead atoms. The third kappa shape index (κ3) is 2.22. The van der Waals surface area contributed by atoms with E-state index in [1.807, 2.05) is 24.3 Å². The van der Waals surface area contributed by atoms with E-state index >= 15 is 0 Å². The molecule has 0 spiro atoms. The average molecular weight is 212 g/mol. The van der Waals surface area contributed by atoms with Crippen LogP contribution in [0, 0.1) is 5.92 Å². The van der Waals surface area contributed by atoms with Crippen LogP contribution in [-0.2, 0) is 0 Å². The Labute approximate surface area is 96.4 Å². The van der Waals surface area contributed by atoms with Crippen LogP contribution in [0.4, 0.5) is 0 Å². The molecule has 0 unspecified atom stereocenters. The van der Waals surface area contributed by atoms with Crippen LogP contribution >= 0.6 is 0 Å². The second-order valence-corrected chi connectivity index (χ2v) is 4.20. The van der Waals surface area contributed by atoms with Crippen molar-refractivity contribution < 1.29 is 0 Å². The van der Waals surface area contributed by atoms with E-state index in [-0.39, 0.29) is 0 Å². The van der Waals surface area contributed by atoms with Crippen LogP contribution < -0.4 is 5.32 Å². The van der Waals surface area contributed by atoms with Gasteiger partial charge in [-0.2, -0.15) is 0 Å². The molecular weight excluding hydrogens is 196 g/mol. The molecule has 0 saturated carbocycles. The maximum Gasteiger partial charge on any atom is 0.109 e. The van der Waals surface area contributed by atoms with Gasteiger partial charge in [0.15, 0.2) is 0 Å².